The number of aryl methyl sites for hydroxylation is 1. The number of hydrogen-bond acceptors (Lipinski definition) is 3. The number of carboxylic acids is 1. The molecule has 0 heterocycles. The second-order valence-electron chi connectivity index (χ2n) is 3.47. The molecule has 1 aromatic rings. The molecule has 0 bridgehead atoms. The summed E-state index contributed by atoms with van der Waals surface area (Å²) in [4.78, 5) is 10.4. The van der Waals surface area contributed by atoms with E-state index in [0.29, 0.717) is 12.8 Å². The second kappa shape index (κ2) is 5.48. The maximum atomic E-state index is 10.4. The van der Waals surface area contributed by atoms with Crippen molar-refractivity contribution < 1.29 is 15.0 Å². The molecular formula is C11H15NO3. The standard InChI is InChI=1S/C11H15NO3/c12-9(10(13)11(14)15)7-6-8-4-2-1-3-5-8/h1-5,9-10,13H,6-7,12H2,(H,14,15)/t9-,10+/m1/s1. The van der Waals surface area contributed by atoms with Gasteiger partial charge in [-0.2, -0.15) is 0 Å². The van der Waals surface area contributed by atoms with E-state index in [1.54, 1.807) is 0 Å². The number of hydrogen-bond donors (Lipinski definition) is 3. The van der Waals surface area contributed by atoms with E-state index >= 15 is 0 Å². The molecule has 2 atom stereocenters. The number of rotatable bonds is 5. The van der Waals surface area contributed by atoms with Crippen molar-refractivity contribution in [3.8, 4) is 0 Å². The highest BCUT2D eigenvalue weighted by Crippen LogP contribution is 2.06. The molecule has 1 aromatic carbocycles. The van der Waals surface area contributed by atoms with E-state index < -0.39 is 18.1 Å². The number of carbonyl (C=O) groups is 1. The minimum absolute atomic E-state index is 0.456. The highest BCUT2D eigenvalue weighted by Gasteiger charge is 2.21. The molecule has 1 rings (SSSR count). The Morgan fingerprint density at radius 2 is 1.93 bits per heavy atom. The van der Waals surface area contributed by atoms with E-state index in [9.17, 15) is 4.79 Å². The summed E-state index contributed by atoms with van der Waals surface area (Å²) in [5, 5.41) is 17.7. The fourth-order valence-electron chi connectivity index (χ4n) is 1.32. The molecule has 0 aromatic heterocycles. The summed E-state index contributed by atoms with van der Waals surface area (Å²) < 4.78 is 0. The predicted octanol–water partition coefficient (Wildman–Crippen LogP) is 0.392. The van der Waals surface area contributed by atoms with Crippen molar-refractivity contribution >= 4 is 5.97 Å². The molecule has 15 heavy (non-hydrogen) atoms. The van der Waals surface area contributed by atoms with E-state index in [0.717, 1.165) is 5.56 Å². The summed E-state index contributed by atoms with van der Waals surface area (Å²) in [5.74, 6) is -1.27. The third-order valence-electron chi connectivity index (χ3n) is 2.27. The Labute approximate surface area is 88.3 Å². The van der Waals surface area contributed by atoms with Crippen LogP contribution in [0.25, 0.3) is 0 Å². The van der Waals surface area contributed by atoms with E-state index in [-0.39, 0.29) is 0 Å². The van der Waals surface area contributed by atoms with Crippen molar-refractivity contribution in [2.24, 2.45) is 5.73 Å². The predicted molar refractivity (Wildman–Crippen MR) is 56.4 cm³/mol. The molecule has 4 N–H and O–H groups in total. The van der Waals surface area contributed by atoms with Crippen LogP contribution in [0, 0.1) is 0 Å². The van der Waals surface area contributed by atoms with Crippen LogP contribution in [0.5, 0.6) is 0 Å². The molecule has 0 spiro atoms. The van der Waals surface area contributed by atoms with Crippen molar-refractivity contribution in [2.45, 2.75) is 25.0 Å². The van der Waals surface area contributed by atoms with Crippen molar-refractivity contribution in [1.82, 2.24) is 0 Å². The monoisotopic (exact) mass is 209 g/mol. The summed E-state index contributed by atoms with van der Waals surface area (Å²) in [6, 6.07) is 8.90. The van der Waals surface area contributed by atoms with Crippen LogP contribution in [0.1, 0.15) is 12.0 Å². The topological polar surface area (TPSA) is 83.5 Å². The van der Waals surface area contributed by atoms with Gasteiger partial charge in [-0.15, -0.1) is 0 Å². The Morgan fingerprint density at radius 1 is 1.33 bits per heavy atom. The number of aliphatic hydroxyl groups excluding tert-OH is 1. The summed E-state index contributed by atoms with van der Waals surface area (Å²) >= 11 is 0. The molecule has 0 aliphatic carbocycles. The average molecular weight is 209 g/mol. The summed E-state index contributed by atoms with van der Waals surface area (Å²) in [6.45, 7) is 0. The number of aliphatic carboxylic acids is 1. The molecule has 0 amide bonds. The first-order valence-electron chi connectivity index (χ1n) is 4.81. The Hall–Kier alpha value is -1.39. The highest BCUT2D eigenvalue weighted by atomic mass is 16.4. The molecule has 0 radical (unpaired) electrons. The van der Waals surface area contributed by atoms with Gasteiger partial charge in [-0.1, -0.05) is 30.3 Å². The highest BCUT2D eigenvalue weighted by molar-refractivity contribution is 5.72. The Bertz CT molecular complexity index is 313. The van der Waals surface area contributed by atoms with Gasteiger partial charge in [-0.05, 0) is 18.4 Å². The second-order valence-corrected chi connectivity index (χ2v) is 3.47. The third-order valence-corrected chi connectivity index (χ3v) is 2.27. The van der Waals surface area contributed by atoms with Crippen LogP contribution < -0.4 is 5.73 Å². The maximum absolute atomic E-state index is 10.4. The fourth-order valence-corrected chi connectivity index (χ4v) is 1.32. The minimum Gasteiger partial charge on any atom is -0.479 e. The van der Waals surface area contributed by atoms with Crippen molar-refractivity contribution in [3.05, 3.63) is 35.9 Å². The molecule has 4 heteroatoms. The Kier molecular flexibility index (Phi) is 4.27. The van der Waals surface area contributed by atoms with E-state index in [1.807, 2.05) is 30.3 Å². The first-order chi connectivity index (χ1) is 7.11. The van der Waals surface area contributed by atoms with Crippen LogP contribution in [-0.2, 0) is 11.2 Å². The van der Waals surface area contributed by atoms with Gasteiger partial charge in [0.1, 0.15) is 0 Å². The van der Waals surface area contributed by atoms with Gasteiger partial charge < -0.3 is 15.9 Å². The Morgan fingerprint density at radius 3 is 2.47 bits per heavy atom. The zero-order valence-corrected chi connectivity index (χ0v) is 8.34. The first kappa shape index (κ1) is 11.7. The van der Waals surface area contributed by atoms with E-state index in [1.165, 1.54) is 0 Å². The molecule has 82 valence electrons. The van der Waals surface area contributed by atoms with Crippen LogP contribution in [0.2, 0.25) is 0 Å². The molecule has 0 unspecified atom stereocenters. The number of benzene rings is 1. The lowest BCUT2D eigenvalue weighted by Gasteiger charge is -2.14. The van der Waals surface area contributed by atoms with E-state index in [4.69, 9.17) is 15.9 Å². The van der Waals surface area contributed by atoms with Crippen LogP contribution in [0.4, 0.5) is 0 Å². The fraction of sp³-hybridized carbons (Fsp3) is 0.364. The summed E-state index contributed by atoms with van der Waals surface area (Å²) in [6.07, 6.45) is -0.349. The lowest BCUT2D eigenvalue weighted by molar-refractivity contribution is -0.147. The number of aliphatic hydroxyl groups is 1. The minimum atomic E-state index is -1.48. The van der Waals surface area contributed by atoms with Crippen molar-refractivity contribution in [1.29, 1.82) is 0 Å². The van der Waals surface area contributed by atoms with Gasteiger partial charge in [0.05, 0.1) is 0 Å². The van der Waals surface area contributed by atoms with Crippen LogP contribution in [0.3, 0.4) is 0 Å². The molecule has 0 fully saturated rings. The van der Waals surface area contributed by atoms with Gasteiger partial charge >= 0.3 is 5.97 Å². The van der Waals surface area contributed by atoms with Gasteiger partial charge in [0.2, 0.25) is 0 Å². The van der Waals surface area contributed by atoms with E-state index in [2.05, 4.69) is 0 Å². The van der Waals surface area contributed by atoms with Gasteiger partial charge in [-0.3, -0.25) is 0 Å². The smallest absolute Gasteiger partial charge is 0.334 e. The molecule has 0 aliphatic rings. The average Bonchev–Trinajstić information content (AvgIpc) is 2.26. The van der Waals surface area contributed by atoms with Gasteiger partial charge in [0.25, 0.3) is 0 Å². The van der Waals surface area contributed by atoms with Crippen LogP contribution in [0.15, 0.2) is 30.3 Å². The van der Waals surface area contributed by atoms with Gasteiger partial charge in [-0.25, -0.2) is 4.79 Å². The first-order valence-corrected chi connectivity index (χ1v) is 4.81. The van der Waals surface area contributed by atoms with Gasteiger partial charge in [0, 0.05) is 6.04 Å². The third kappa shape index (κ3) is 3.69. The Balaban J connectivity index is 2.41. The molecular weight excluding hydrogens is 194 g/mol. The summed E-state index contributed by atoms with van der Waals surface area (Å²) in [5.41, 5.74) is 6.62. The SMILES string of the molecule is N[C@H](CCc1ccccc1)[C@H](O)C(=O)O. The molecule has 0 saturated carbocycles. The molecule has 0 saturated heterocycles. The molecule has 0 aliphatic heterocycles. The number of carboxylic acid groups (broad SMARTS) is 1. The zero-order chi connectivity index (χ0) is 11.3. The van der Waals surface area contributed by atoms with Crippen molar-refractivity contribution in [2.75, 3.05) is 0 Å². The lowest BCUT2D eigenvalue weighted by atomic mass is 10.0. The zero-order valence-electron chi connectivity index (χ0n) is 8.34. The number of nitrogens with two attached hydrogens (primary N) is 1. The summed E-state index contributed by atoms with van der Waals surface area (Å²) in [7, 11) is 0. The van der Waals surface area contributed by atoms with Crippen LogP contribution >= 0.6 is 0 Å². The largest absolute Gasteiger partial charge is 0.479 e. The quantitative estimate of drug-likeness (QED) is 0.655. The van der Waals surface area contributed by atoms with Gasteiger partial charge in [0.15, 0.2) is 6.10 Å². The lowest BCUT2D eigenvalue weighted by Crippen LogP contribution is -2.40. The van der Waals surface area contributed by atoms with Crippen LogP contribution in [-0.4, -0.2) is 28.3 Å². The molecule has 4 nitrogen and oxygen atoms in total. The van der Waals surface area contributed by atoms with Crippen molar-refractivity contribution in [3.63, 3.8) is 0 Å². The normalized spacial score (nSPS) is 14.5. The maximum Gasteiger partial charge on any atom is 0.334 e.